The SMILES string of the molecule is O=C(NCc1cccc(Cl)c1F)C1(O)CCN(c2ccc(F)c(Cl)c2)C1=O. The molecule has 1 fully saturated rings. The molecule has 0 radical (unpaired) electrons. The Labute approximate surface area is 163 Å². The second kappa shape index (κ2) is 7.42. The van der Waals surface area contributed by atoms with Gasteiger partial charge in [-0.2, -0.15) is 0 Å². The minimum atomic E-state index is -2.31. The van der Waals surface area contributed by atoms with Crippen LogP contribution in [0.2, 0.25) is 10.0 Å². The van der Waals surface area contributed by atoms with E-state index in [1.807, 2.05) is 0 Å². The zero-order chi connectivity index (χ0) is 19.8. The summed E-state index contributed by atoms with van der Waals surface area (Å²) < 4.78 is 27.2. The molecule has 0 saturated carbocycles. The third-order valence-electron chi connectivity index (χ3n) is 4.36. The van der Waals surface area contributed by atoms with Gasteiger partial charge in [-0.15, -0.1) is 0 Å². The summed E-state index contributed by atoms with van der Waals surface area (Å²) in [6, 6.07) is 7.95. The first-order valence-corrected chi connectivity index (χ1v) is 8.70. The number of amides is 2. The highest BCUT2D eigenvalue weighted by molar-refractivity contribution is 6.31. The first-order valence-electron chi connectivity index (χ1n) is 7.94. The van der Waals surface area contributed by atoms with Crippen LogP contribution in [0.5, 0.6) is 0 Å². The molecular weight excluding hydrogens is 401 g/mol. The molecule has 0 bridgehead atoms. The second-order valence-corrected chi connectivity index (χ2v) is 6.88. The van der Waals surface area contributed by atoms with E-state index in [1.54, 1.807) is 0 Å². The van der Waals surface area contributed by atoms with Crippen molar-refractivity contribution in [2.45, 2.75) is 18.6 Å². The van der Waals surface area contributed by atoms with Crippen molar-refractivity contribution in [3.63, 3.8) is 0 Å². The Bertz CT molecular complexity index is 925. The predicted molar refractivity (Wildman–Crippen MR) is 96.6 cm³/mol. The molecule has 142 valence electrons. The monoisotopic (exact) mass is 414 g/mol. The number of halogens is 4. The van der Waals surface area contributed by atoms with E-state index in [9.17, 15) is 23.5 Å². The molecule has 1 saturated heterocycles. The maximum atomic E-state index is 13.9. The van der Waals surface area contributed by atoms with Gasteiger partial charge >= 0.3 is 0 Å². The summed E-state index contributed by atoms with van der Waals surface area (Å²) in [6.07, 6.45) is -0.176. The quantitative estimate of drug-likeness (QED) is 0.755. The number of carbonyl (C=O) groups excluding carboxylic acids is 2. The van der Waals surface area contributed by atoms with E-state index < -0.39 is 29.0 Å². The molecule has 1 aliphatic rings. The van der Waals surface area contributed by atoms with E-state index >= 15 is 0 Å². The van der Waals surface area contributed by atoms with Crippen molar-refractivity contribution < 1.29 is 23.5 Å². The highest BCUT2D eigenvalue weighted by Gasteiger charge is 2.51. The molecule has 5 nitrogen and oxygen atoms in total. The Hall–Kier alpha value is -2.22. The molecule has 9 heteroatoms. The lowest BCUT2D eigenvalue weighted by atomic mass is 10.0. The molecular formula is C18H14Cl2F2N2O3. The van der Waals surface area contributed by atoms with E-state index in [4.69, 9.17) is 23.2 Å². The summed E-state index contributed by atoms with van der Waals surface area (Å²) in [5.41, 5.74) is -1.93. The highest BCUT2D eigenvalue weighted by Crippen LogP contribution is 2.31. The number of rotatable bonds is 4. The molecule has 0 spiro atoms. The minimum absolute atomic E-state index is 0.0379. The van der Waals surface area contributed by atoms with Gasteiger partial charge in [-0.3, -0.25) is 9.59 Å². The molecule has 2 N–H and O–H groups in total. The van der Waals surface area contributed by atoms with Crippen LogP contribution in [-0.4, -0.2) is 29.1 Å². The smallest absolute Gasteiger partial charge is 0.268 e. The lowest BCUT2D eigenvalue weighted by Gasteiger charge is -2.22. The van der Waals surface area contributed by atoms with Crippen LogP contribution in [0.4, 0.5) is 14.5 Å². The number of hydrogen-bond acceptors (Lipinski definition) is 3. The van der Waals surface area contributed by atoms with Crippen LogP contribution in [-0.2, 0) is 16.1 Å². The number of hydrogen-bond donors (Lipinski definition) is 2. The molecule has 1 heterocycles. The molecule has 2 aromatic carbocycles. The maximum absolute atomic E-state index is 13.9. The number of nitrogens with one attached hydrogen (secondary N) is 1. The topological polar surface area (TPSA) is 69.6 Å². The van der Waals surface area contributed by atoms with E-state index in [-0.39, 0.29) is 40.8 Å². The molecule has 2 amide bonds. The fourth-order valence-electron chi connectivity index (χ4n) is 2.82. The first-order chi connectivity index (χ1) is 12.7. The van der Waals surface area contributed by atoms with Crippen molar-refractivity contribution in [1.29, 1.82) is 0 Å². The molecule has 2 aromatic rings. The number of anilines is 1. The standard InChI is InChI=1S/C18H14Cl2F2N2O3/c19-12-3-1-2-10(15(12)22)9-23-16(25)18(27)6-7-24(17(18)26)11-4-5-14(21)13(20)8-11/h1-5,8,27H,6-7,9H2,(H,23,25). The first kappa shape index (κ1) is 19.5. The fraction of sp³-hybridized carbons (Fsp3) is 0.222. The molecule has 0 aliphatic carbocycles. The van der Waals surface area contributed by atoms with Crippen LogP contribution in [0.25, 0.3) is 0 Å². The van der Waals surface area contributed by atoms with Crippen LogP contribution < -0.4 is 10.2 Å². The second-order valence-electron chi connectivity index (χ2n) is 6.06. The number of aliphatic hydroxyl groups is 1. The molecule has 1 unspecified atom stereocenters. The van der Waals surface area contributed by atoms with Crippen molar-refractivity contribution in [2.24, 2.45) is 0 Å². The van der Waals surface area contributed by atoms with Gasteiger partial charge in [0.15, 0.2) is 0 Å². The van der Waals surface area contributed by atoms with Gasteiger partial charge in [0.2, 0.25) is 5.60 Å². The summed E-state index contributed by atoms with van der Waals surface area (Å²) in [6.45, 7) is -0.209. The van der Waals surface area contributed by atoms with Crippen LogP contribution in [0.15, 0.2) is 36.4 Å². The highest BCUT2D eigenvalue weighted by atomic mass is 35.5. The summed E-state index contributed by atoms with van der Waals surface area (Å²) in [5.74, 6) is -3.16. The molecule has 0 aromatic heterocycles. The Kier molecular flexibility index (Phi) is 5.37. The van der Waals surface area contributed by atoms with Gasteiger partial charge < -0.3 is 15.3 Å². The van der Waals surface area contributed by atoms with Crippen LogP contribution in [0, 0.1) is 11.6 Å². The zero-order valence-corrected chi connectivity index (χ0v) is 15.3. The third-order valence-corrected chi connectivity index (χ3v) is 4.94. The summed E-state index contributed by atoms with van der Waals surface area (Å²) in [7, 11) is 0. The molecule has 1 aliphatic heterocycles. The van der Waals surface area contributed by atoms with Crippen molar-refractivity contribution in [3.05, 3.63) is 63.6 Å². The van der Waals surface area contributed by atoms with Crippen LogP contribution in [0.1, 0.15) is 12.0 Å². The fourth-order valence-corrected chi connectivity index (χ4v) is 3.19. The molecule has 27 heavy (non-hydrogen) atoms. The average Bonchev–Trinajstić information content (AvgIpc) is 2.95. The zero-order valence-electron chi connectivity index (χ0n) is 13.8. The maximum Gasteiger partial charge on any atom is 0.268 e. The lowest BCUT2D eigenvalue weighted by molar-refractivity contribution is -0.149. The van der Waals surface area contributed by atoms with Gasteiger partial charge in [-0.05, 0) is 24.3 Å². The van der Waals surface area contributed by atoms with Crippen molar-refractivity contribution >= 4 is 40.7 Å². The predicted octanol–water partition coefficient (Wildman–Crippen LogP) is 3.06. The van der Waals surface area contributed by atoms with Gasteiger partial charge in [-0.25, -0.2) is 8.78 Å². The van der Waals surface area contributed by atoms with E-state index in [1.165, 1.54) is 30.3 Å². The Morgan fingerprint density at radius 2 is 1.96 bits per heavy atom. The molecule has 1 atom stereocenters. The summed E-state index contributed by atoms with van der Waals surface area (Å²) >= 11 is 11.4. The van der Waals surface area contributed by atoms with Crippen molar-refractivity contribution in [2.75, 3.05) is 11.4 Å². The largest absolute Gasteiger partial charge is 0.372 e. The van der Waals surface area contributed by atoms with Crippen molar-refractivity contribution in [3.8, 4) is 0 Å². The van der Waals surface area contributed by atoms with Gasteiger partial charge in [0.05, 0.1) is 10.0 Å². The molecule has 3 rings (SSSR count). The van der Waals surface area contributed by atoms with Crippen LogP contribution in [0.3, 0.4) is 0 Å². The average molecular weight is 415 g/mol. The van der Waals surface area contributed by atoms with Gasteiger partial charge in [0, 0.05) is 30.8 Å². The van der Waals surface area contributed by atoms with E-state index in [0.717, 1.165) is 11.0 Å². The Morgan fingerprint density at radius 1 is 1.22 bits per heavy atom. The van der Waals surface area contributed by atoms with Gasteiger partial charge in [0.25, 0.3) is 11.8 Å². The Morgan fingerprint density at radius 3 is 2.67 bits per heavy atom. The summed E-state index contributed by atoms with van der Waals surface area (Å²) in [5, 5.41) is 12.6. The van der Waals surface area contributed by atoms with Crippen LogP contribution >= 0.6 is 23.2 Å². The van der Waals surface area contributed by atoms with E-state index in [0.29, 0.717) is 0 Å². The Balaban J connectivity index is 1.74. The normalized spacial score (nSPS) is 19.4. The van der Waals surface area contributed by atoms with Gasteiger partial charge in [-0.1, -0.05) is 35.3 Å². The lowest BCUT2D eigenvalue weighted by Crippen LogP contribution is -2.52. The number of benzene rings is 2. The third kappa shape index (κ3) is 3.63. The summed E-state index contributed by atoms with van der Waals surface area (Å²) in [4.78, 5) is 26.1. The minimum Gasteiger partial charge on any atom is -0.372 e. The number of carbonyl (C=O) groups is 2. The number of nitrogens with zero attached hydrogens (tertiary/aromatic N) is 1. The van der Waals surface area contributed by atoms with E-state index in [2.05, 4.69) is 5.32 Å². The van der Waals surface area contributed by atoms with Crippen molar-refractivity contribution in [1.82, 2.24) is 5.32 Å². The van der Waals surface area contributed by atoms with Gasteiger partial charge in [0.1, 0.15) is 11.6 Å².